The van der Waals surface area contributed by atoms with Crippen LogP contribution in [0.3, 0.4) is 0 Å². The van der Waals surface area contributed by atoms with Gasteiger partial charge in [0.05, 0.1) is 12.1 Å². The number of carboxylic acids is 1. The predicted molar refractivity (Wildman–Crippen MR) is 339 cm³/mol. The fraction of sp³-hybridized carbons (Fsp3) is 0.493. The zero-order chi connectivity index (χ0) is 66.1. The van der Waals surface area contributed by atoms with E-state index in [0.29, 0.717) is 77.5 Å². The highest BCUT2D eigenvalue weighted by molar-refractivity contribution is 5.92. The smallest absolute Gasteiger partial charge is 0.410 e. The molecule has 5 aliphatic rings. The number of benzene rings is 4. The number of nitrogens with one attached hydrogen (secondary N) is 6. The average Bonchev–Trinajstić information content (AvgIpc) is 1.62. The van der Waals surface area contributed by atoms with Gasteiger partial charge in [-0.25, -0.2) is 19.2 Å². The first kappa shape index (κ1) is 70.0. The van der Waals surface area contributed by atoms with E-state index in [2.05, 4.69) is 56.2 Å². The lowest BCUT2D eigenvalue weighted by molar-refractivity contribution is -0.141. The minimum absolute atomic E-state index is 0.0832. The maximum Gasteiger partial charge on any atom is 0.410 e. The third-order valence-corrected chi connectivity index (χ3v) is 16.8. The third kappa shape index (κ3) is 20.5. The van der Waals surface area contributed by atoms with E-state index in [9.17, 15) is 53.7 Å². The van der Waals surface area contributed by atoms with Gasteiger partial charge in [0.25, 0.3) is 0 Å². The largest absolute Gasteiger partial charge is 0.480 e. The number of aliphatic carboxylic acids is 1. The van der Waals surface area contributed by atoms with E-state index in [1.165, 1.54) is 9.80 Å². The summed E-state index contributed by atoms with van der Waals surface area (Å²) >= 11 is 0. The highest BCUT2D eigenvalue weighted by atomic mass is 16.6. The van der Waals surface area contributed by atoms with E-state index >= 15 is 0 Å². The molecule has 0 spiro atoms. The lowest BCUT2D eigenvalue weighted by Crippen LogP contribution is -2.55. The maximum absolute atomic E-state index is 13.2. The minimum atomic E-state index is -0.968. The Morgan fingerprint density at radius 3 is 1.41 bits per heavy atom. The number of likely N-dealkylation sites (tertiary alicyclic amines) is 2. The van der Waals surface area contributed by atoms with Gasteiger partial charge in [-0.15, -0.1) is 0 Å². The molecule has 4 fully saturated rings. The van der Waals surface area contributed by atoms with E-state index in [-0.39, 0.29) is 74.1 Å². The van der Waals surface area contributed by atoms with Gasteiger partial charge in [0, 0.05) is 43.9 Å². The molecular weight excluding hydrogens is 1180 g/mol. The molecule has 4 aliphatic heterocycles. The van der Waals surface area contributed by atoms with Crippen LogP contribution in [0.4, 0.5) is 14.4 Å². The second kappa shape index (κ2) is 35.2. The summed E-state index contributed by atoms with van der Waals surface area (Å²) in [7, 11) is 0. The van der Waals surface area contributed by atoms with Crippen molar-refractivity contribution in [3.05, 3.63) is 131 Å². The lowest BCUT2D eigenvalue weighted by atomic mass is 9.91. The topological polar surface area (TPSA) is 328 Å². The molecule has 8 amide bonds. The van der Waals surface area contributed by atoms with Crippen molar-refractivity contribution in [3.8, 4) is 23.3 Å². The molecular formula is C69H86N10O13. The molecule has 4 saturated heterocycles. The Kier molecular flexibility index (Phi) is 26.8. The number of nitriles is 2. The number of fused-ring (bicyclic) bond motifs is 3. The zero-order valence-electron chi connectivity index (χ0n) is 52.8. The van der Waals surface area contributed by atoms with Gasteiger partial charge < -0.3 is 51.2 Å². The van der Waals surface area contributed by atoms with Crippen LogP contribution >= 0.6 is 0 Å². The van der Waals surface area contributed by atoms with E-state index in [1.54, 1.807) is 0 Å². The highest BCUT2D eigenvalue weighted by Crippen LogP contribution is 2.44. The summed E-state index contributed by atoms with van der Waals surface area (Å²) in [5, 5.41) is 44.7. The quantitative estimate of drug-likeness (QED) is 0.0367. The summed E-state index contributed by atoms with van der Waals surface area (Å²) in [5.74, 6) is -3.01. The van der Waals surface area contributed by atoms with Crippen molar-refractivity contribution in [1.29, 1.82) is 10.5 Å². The lowest BCUT2D eigenvalue weighted by Gasteiger charge is -2.28. The first-order chi connectivity index (χ1) is 44.3. The van der Waals surface area contributed by atoms with Gasteiger partial charge in [-0.2, -0.15) is 10.5 Å². The van der Waals surface area contributed by atoms with Crippen LogP contribution in [0.1, 0.15) is 133 Å². The average molecular weight is 1260 g/mol. The molecule has 23 nitrogen and oxygen atoms in total. The second-order valence-electron chi connectivity index (χ2n) is 24.6. The summed E-state index contributed by atoms with van der Waals surface area (Å²) < 4.78 is 16.2. The molecule has 23 heteroatoms. The number of hydrogen-bond donors (Lipinski definition) is 7. The van der Waals surface area contributed by atoms with Gasteiger partial charge in [-0.1, -0.05) is 137 Å². The molecule has 92 heavy (non-hydrogen) atoms. The third-order valence-electron chi connectivity index (χ3n) is 16.8. The zero-order valence-corrected chi connectivity index (χ0v) is 52.8. The van der Waals surface area contributed by atoms with Gasteiger partial charge in [0.2, 0.25) is 29.5 Å². The molecule has 0 aromatic heterocycles. The van der Waals surface area contributed by atoms with Crippen LogP contribution in [0.5, 0.6) is 0 Å². The standard InChI is InChI=1S/C29H34N4O4.C27H37N5O5.C13H15NO4/c1-18(2)14-26(28(35)32-20(16-30)15-19-8-7-13-31-27(19)34)33-29(36)37-17-25-23-11-5-3-9-21(23)22-10-4-6-12-24(22)25;1-18(2)14-22(25(34)30-21(16-28)15-20-10-6-12-29-24(20)33)31-26(35)23-11-7-13-32(23)27(36)37-17-19-8-4-3-5-9-19;15-12(16)11-7-4-8-14(11)13(17)18-9-10-5-2-1-3-6-10/h3-6,9-12,18-20,25-26H,7-8,13-15,17H2,1-2H3,(H,31,34)(H,32,35)(H,33,36);3-5,8-9,18,20-23H,6-7,10-15,17H2,1-2H3,(H,29,33)(H,30,34)(H,31,35);1-3,5-6,11H,4,7-9H2,(H,15,16)/t19-,20-,26-;20-,21-,22-,23?;11-/m000/s1. The van der Waals surface area contributed by atoms with Crippen LogP contribution in [-0.4, -0.2) is 138 Å². The highest BCUT2D eigenvalue weighted by Gasteiger charge is 2.39. The second-order valence-corrected chi connectivity index (χ2v) is 24.6. The number of carboxylic acid groups (broad SMARTS) is 1. The fourth-order valence-electron chi connectivity index (χ4n) is 12.1. The van der Waals surface area contributed by atoms with Gasteiger partial charge in [0.15, 0.2) is 0 Å². The maximum atomic E-state index is 13.2. The molecule has 4 aromatic carbocycles. The van der Waals surface area contributed by atoms with Gasteiger partial charge in [0.1, 0.15) is 56.1 Å². The Morgan fingerprint density at radius 1 is 0.554 bits per heavy atom. The van der Waals surface area contributed by atoms with E-state index in [1.807, 2.05) is 125 Å². The summed E-state index contributed by atoms with van der Waals surface area (Å²) in [6.45, 7) is 10.3. The number of rotatable bonds is 22. The van der Waals surface area contributed by atoms with Crippen molar-refractivity contribution >= 4 is 53.8 Å². The minimum Gasteiger partial charge on any atom is -0.480 e. The molecule has 490 valence electrons. The van der Waals surface area contributed by atoms with Crippen molar-refractivity contribution in [2.75, 3.05) is 32.8 Å². The first-order valence-corrected chi connectivity index (χ1v) is 31.9. The predicted octanol–water partition coefficient (Wildman–Crippen LogP) is 7.98. The summed E-state index contributed by atoms with van der Waals surface area (Å²) in [4.78, 5) is 114. The van der Waals surface area contributed by atoms with Crippen molar-refractivity contribution in [2.24, 2.45) is 23.7 Å². The number of amides is 8. The Hall–Kier alpha value is -9.51. The SMILES string of the molecule is CC(C)C[C@H](NC(=O)C1CCCN1C(=O)OCc1ccccc1)C(=O)N[C@H](C#N)C[C@@H]1CCCNC1=O.CC(C)C[C@H](NC(=O)OCC1c2ccccc2-c2ccccc21)C(=O)N[C@H](C#N)C[C@@H]1CCCNC1=O.O=C(O)[C@@H]1CCCN1C(=O)OCc1ccccc1. The van der Waals surface area contributed by atoms with Crippen molar-refractivity contribution in [2.45, 2.75) is 160 Å². The van der Waals surface area contributed by atoms with Crippen LogP contribution in [0, 0.1) is 46.3 Å². The van der Waals surface area contributed by atoms with Crippen LogP contribution in [0.25, 0.3) is 11.1 Å². The van der Waals surface area contributed by atoms with Crippen molar-refractivity contribution in [1.82, 2.24) is 41.7 Å². The number of alkyl carbamates (subject to hydrolysis) is 1. The van der Waals surface area contributed by atoms with Crippen LogP contribution < -0.4 is 31.9 Å². The summed E-state index contributed by atoms with van der Waals surface area (Å²) in [6, 6.07) is 34.1. The number of carbonyl (C=O) groups excluding carboxylic acids is 8. The van der Waals surface area contributed by atoms with Crippen LogP contribution in [-0.2, 0) is 56.2 Å². The van der Waals surface area contributed by atoms with Crippen molar-refractivity contribution in [3.63, 3.8) is 0 Å². The van der Waals surface area contributed by atoms with Crippen LogP contribution in [0.2, 0.25) is 0 Å². The number of piperidine rings is 2. The van der Waals surface area contributed by atoms with Gasteiger partial charge >= 0.3 is 24.2 Å². The molecule has 0 saturated carbocycles. The van der Waals surface area contributed by atoms with Gasteiger partial charge in [-0.05, 0) is 122 Å². The van der Waals surface area contributed by atoms with Gasteiger partial charge in [-0.3, -0.25) is 33.8 Å². The normalized spacial score (nSPS) is 19.3. The number of nitrogens with zero attached hydrogens (tertiary/aromatic N) is 4. The Morgan fingerprint density at radius 2 is 0.978 bits per heavy atom. The molecule has 4 heterocycles. The molecule has 0 bridgehead atoms. The Bertz CT molecular complexity index is 3220. The molecule has 1 unspecified atom stereocenters. The summed E-state index contributed by atoms with van der Waals surface area (Å²) in [6.07, 6.45) is 4.79. The molecule has 7 N–H and O–H groups in total. The molecule has 8 atom stereocenters. The molecule has 1 aliphatic carbocycles. The number of carbonyl (C=O) groups is 9. The molecule has 4 aromatic rings. The Labute approximate surface area is 537 Å². The van der Waals surface area contributed by atoms with Crippen LogP contribution in [0.15, 0.2) is 109 Å². The molecule has 9 rings (SSSR count). The van der Waals surface area contributed by atoms with E-state index < -0.39 is 78.2 Å². The number of hydrogen-bond acceptors (Lipinski definition) is 14. The van der Waals surface area contributed by atoms with Crippen molar-refractivity contribution < 1.29 is 62.5 Å². The summed E-state index contributed by atoms with van der Waals surface area (Å²) in [5.41, 5.74) is 6.23. The first-order valence-electron chi connectivity index (χ1n) is 31.9. The number of ether oxygens (including phenoxy) is 3. The van der Waals surface area contributed by atoms with E-state index in [4.69, 9.17) is 19.3 Å². The monoisotopic (exact) mass is 1260 g/mol. The van der Waals surface area contributed by atoms with E-state index in [0.717, 1.165) is 46.2 Å². The fourth-order valence-corrected chi connectivity index (χ4v) is 12.1. The molecule has 0 radical (unpaired) electrons. The Balaban J connectivity index is 0.000000207.